The summed E-state index contributed by atoms with van der Waals surface area (Å²) in [6.45, 7) is 7.82. The van der Waals surface area contributed by atoms with Gasteiger partial charge in [-0.05, 0) is 51.0 Å². The molecule has 1 spiro atoms. The van der Waals surface area contributed by atoms with Crippen molar-refractivity contribution in [3.05, 3.63) is 53.9 Å². The number of ether oxygens (including phenoxy) is 1. The Morgan fingerprint density at radius 1 is 1.35 bits per heavy atom. The largest absolute Gasteiger partial charge is 0.368 e. The van der Waals surface area contributed by atoms with E-state index in [0.29, 0.717) is 19.1 Å². The predicted octanol–water partition coefficient (Wildman–Crippen LogP) is 3.28. The molecule has 1 N–H and O–H groups in total. The first-order valence-electron chi connectivity index (χ1n) is 9.20. The van der Waals surface area contributed by atoms with E-state index in [1.165, 1.54) is 11.3 Å². The number of nitrogens with zero attached hydrogens (tertiary/aromatic N) is 2. The molecule has 1 aromatic carbocycles. The number of aromatic nitrogens is 1. The Morgan fingerprint density at radius 2 is 2.15 bits per heavy atom. The van der Waals surface area contributed by atoms with Crippen molar-refractivity contribution in [2.24, 2.45) is 0 Å². The summed E-state index contributed by atoms with van der Waals surface area (Å²) in [7, 11) is 0. The number of carbonyl (C=O) groups excluding carboxylic acids is 1. The van der Waals surface area contributed by atoms with Crippen molar-refractivity contribution in [3.8, 4) is 0 Å². The topological polar surface area (TPSA) is 54.5 Å². The number of fused-ring (bicyclic) bond motifs is 2. The maximum atomic E-state index is 12.7. The van der Waals surface area contributed by atoms with Gasteiger partial charge in [-0.1, -0.05) is 18.2 Å². The molecule has 0 aliphatic carbocycles. The molecule has 26 heavy (non-hydrogen) atoms. The monoisotopic (exact) mass is 351 g/mol. The first kappa shape index (κ1) is 17.0. The van der Waals surface area contributed by atoms with Crippen LogP contribution in [0.15, 0.2) is 42.6 Å². The van der Waals surface area contributed by atoms with Gasteiger partial charge in [-0.25, -0.2) is 0 Å². The molecule has 0 radical (unpaired) electrons. The van der Waals surface area contributed by atoms with Crippen molar-refractivity contribution in [1.82, 2.24) is 4.98 Å². The number of nitrogens with one attached hydrogen (secondary N) is 1. The Labute approximate surface area is 154 Å². The van der Waals surface area contributed by atoms with Crippen LogP contribution in [0.25, 0.3) is 0 Å². The second-order valence-corrected chi connectivity index (χ2v) is 7.70. The van der Waals surface area contributed by atoms with Crippen LogP contribution in [0.5, 0.6) is 0 Å². The Hall–Kier alpha value is -2.40. The lowest BCUT2D eigenvalue weighted by molar-refractivity contribution is -0.124. The number of hydrogen-bond acceptors (Lipinski definition) is 4. The minimum atomic E-state index is -0.427. The van der Waals surface area contributed by atoms with Gasteiger partial charge < -0.3 is 15.0 Å². The number of rotatable bonds is 3. The van der Waals surface area contributed by atoms with Crippen molar-refractivity contribution < 1.29 is 9.53 Å². The third-order valence-corrected chi connectivity index (χ3v) is 5.47. The van der Waals surface area contributed by atoms with E-state index in [4.69, 9.17) is 4.74 Å². The maximum Gasteiger partial charge on any atom is 0.253 e. The minimum Gasteiger partial charge on any atom is -0.368 e. The normalized spacial score (nSPS) is 24.3. The van der Waals surface area contributed by atoms with Crippen LogP contribution in [0, 0.1) is 6.92 Å². The molecule has 1 fully saturated rings. The van der Waals surface area contributed by atoms with Crippen LogP contribution in [-0.2, 0) is 14.9 Å². The highest BCUT2D eigenvalue weighted by molar-refractivity contribution is 5.94. The molecule has 1 amide bonds. The molecule has 1 saturated heterocycles. The fourth-order valence-electron chi connectivity index (χ4n) is 4.17. The Morgan fingerprint density at radius 3 is 2.92 bits per heavy atom. The third-order valence-electron chi connectivity index (χ3n) is 5.47. The van der Waals surface area contributed by atoms with E-state index in [0.717, 1.165) is 17.9 Å². The van der Waals surface area contributed by atoms with E-state index in [-0.39, 0.29) is 11.3 Å². The van der Waals surface area contributed by atoms with Gasteiger partial charge in [-0.2, -0.15) is 0 Å². The van der Waals surface area contributed by atoms with E-state index in [1.807, 2.05) is 13.0 Å². The number of benzene rings is 1. The second-order valence-electron chi connectivity index (χ2n) is 7.70. The quantitative estimate of drug-likeness (QED) is 0.922. The van der Waals surface area contributed by atoms with Gasteiger partial charge >= 0.3 is 0 Å². The molecule has 2 aromatic rings. The van der Waals surface area contributed by atoms with Gasteiger partial charge in [0.1, 0.15) is 6.10 Å². The Balaban J connectivity index is 1.54. The summed E-state index contributed by atoms with van der Waals surface area (Å²) in [6.07, 6.45) is 1.99. The number of anilines is 2. The molecule has 0 unspecified atom stereocenters. The Bertz CT molecular complexity index is 836. The molecule has 0 bridgehead atoms. The van der Waals surface area contributed by atoms with Gasteiger partial charge in [0.25, 0.3) is 5.91 Å². The van der Waals surface area contributed by atoms with Crippen LogP contribution in [0.2, 0.25) is 0 Å². The van der Waals surface area contributed by atoms with Crippen molar-refractivity contribution in [3.63, 3.8) is 0 Å². The molecule has 136 valence electrons. The number of amides is 1. The first-order valence-corrected chi connectivity index (χ1v) is 9.20. The maximum absolute atomic E-state index is 12.7. The molecule has 4 rings (SSSR count). The van der Waals surface area contributed by atoms with Crippen molar-refractivity contribution in [1.29, 1.82) is 0 Å². The van der Waals surface area contributed by atoms with Gasteiger partial charge in [0.2, 0.25) is 0 Å². The van der Waals surface area contributed by atoms with E-state index in [2.05, 4.69) is 53.3 Å². The fraction of sp³-hybridized carbons (Fsp3) is 0.429. The third kappa shape index (κ3) is 2.86. The highest BCUT2D eigenvalue weighted by Crippen LogP contribution is 2.48. The smallest absolute Gasteiger partial charge is 0.253 e. The highest BCUT2D eigenvalue weighted by atomic mass is 16.5. The fourth-order valence-corrected chi connectivity index (χ4v) is 4.17. The lowest BCUT2D eigenvalue weighted by Gasteiger charge is -2.27. The molecular weight excluding hydrogens is 326 g/mol. The molecule has 3 heterocycles. The molecular formula is C21H25N3O2. The van der Waals surface area contributed by atoms with Gasteiger partial charge in [0, 0.05) is 41.3 Å². The van der Waals surface area contributed by atoms with Crippen LogP contribution in [-0.4, -0.2) is 36.2 Å². The predicted molar refractivity (Wildman–Crippen MR) is 103 cm³/mol. The summed E-state index contributed by atoms with van der Waals surface area (Å²) in [5, 5.41) is 2.97. The molecule has 1 aromatic heterocycles. The summed E-state index contributed by atoms with van der Waals surface area (Å²) in [6, 6.07) is 12.6. The summed E-state index contributed by atoms with van der Waals surface area (Å²) in [4.78, 5) is 19.3. The average molecular weight is 351 g/mol. The van der Waals surface area contributed by atoms with Gasteiger partial charge in [-0.3, -0.25) is 9.78 Å². The lowest BCUT2D eigenvalue weighted by Crippen LogP contribution is -2.38. The number of pyridine rings is 1. The van der Waals surface area contributed by atoms with Crippen molar-refractivity contribution in [2.75, 3.05) is 23.4 Å². The summed E-state index contributed by atoms with van der Waals surface area (Å²) in [5.41, 5.74) is 4.13. The SMILES string of the molecule is Cc1cc(NC(=O)[C@@H]2C[C@@]3(CO2)CN(C(C)C)c2ccccc23)ccn1. The average Bonchev–Trinajstić information content (AvgIpc) is 3.19. The van der Waals surface area contributed by atoms with Crippen LogP contribution >= 0.6 is 0 Å². The number of aryl methyl sites for hydroxylation is 1. The zero-order valence-corrected chi connectivity index (χ0v) is 15.5. The summed E-state index contributed by atoms with van der Waals surface area (Å²) < 4.78 is 5.99. The van der Waals surface area contributed by atoms with Gasteiger partial charge in [0.05, 0.1) is 6.61 Å². The molecule has 0 saturated carbocycles. The summed E-state index contributed by atoms with van der Waals surface area (Å²) >= 11 is 0. The molecule has 2 atom stereocenters. The van der Waals surface area contributed by atoms with E-state index >= 15 is 0 Å². The number of carbonyl (C=O) groups is 1. The van der Waals surface area contributed by atoms with E-state index in [1.54, 1.807) is 12.3 Å². The minimum absolute atomic E-state index is 0.0760. The lowest BCUT2D eigenvalue weighted by atomic mass is 9.80. The zero-order chi connectivity index (χ0) is 18.3. The second kappa shape index (κ2) is 6.40. The standard InChI is InChI=1S/C21H25N3O2/c1-14(2)24-12-21(17-6-4-5-7-18(17)24)11-19(26-13-21)20(25)23-16-8-9-22-15(3)10-16/h4-10,14,19H,11-13H2,1-3H3,(H,22,23,25)/t19-,21-/m0/s1. The van der Waals surface area contributed by atoms with E-state index < -0.39 is 6.10 Å². The molecule has 2 aliphatic rings. The van der Waals surface area contributed by atoms with Crippen LogP contribution in [0.3, 0.4) is 0 Å². The van der Waals surface area contributed by atoms with Gasteiger partial charge in [-0.15, -0.1) is 0 Å². The zero-order valence-electron chi connectivity index (χ0n) is 15.5. The van der Waals surface area contributed by atoms with Crippen molar-refractivity contribution >= 4 is 17.3 Å². The molecule has 5 heteroatoms. The molecule has 5 nitrogen and oxygen atoms in total. The highest BCUT2D eigenvalue weighted by Gasteiger charge is 2.50. The van der Waals surface area contributed by atoms with E-state index in [9.17, 15) is 4.79 Å². The number of hydrogen-bond donors (Lipinski definition) is 1. The van der Waals surface area contributed by atoms with Crippen LogP contribution in [0.1, 0.15) is 31.5 Å². The summed E-state index contributed by atoms with van der Waals surface area (Å²) in [5.74, 6) is -0.0760. The first-order chi connectivity index (χ1) is 12.5. The van der Waals surface area contributed by atoms with Gasteiger partial charge in [0.15, 0.2) is 0 Å². The van der Waals surface area contributed by atoms with Crippen LogP contribution < -0.4 is 10.2 Å². The molecule has 2 aliphatic heterocycles. The number of para-hydroxylation sites is 1. The van der Waals surface area contributed by atoms with Crippen LogP contribution in [0.4, 0.5) is 11.4 Å². The Kier molecular flexibility index (Phi) is 4.19. The van der Waals surface area contributed by atoms with Crippen molar-refractivity contribution in [2.45, 2.75) is 44.8 Å².